The quantitative estimate of drug-likeness (QED) is 0.499. The van der Waals surface area contributed by atoms with Gasteiger partial charge in [0.2, 0.25) is 5.91 Å². The fraction of sp³-hybridized carbons (Fsp3) is 0.423. The fourth-order valence-corrected chi connectivity index (χ4v) is 5.12. The summed E-state index contributed by atoms with van der Waals surface area (Å²) in [7, 11) is 3.89. The molecule has 1 N–H and O–H groups in total. The van der Waals surface area contributed by atoms with Gasteiger partial charge < -0.3 is 14.8 Å². The van der Waals surface area contributed by atoms with Gasteiger partial charge in [-0.2, -0.15) is 0 Å². The second-order valence-corrected chi connectivity index (χ2v) is 9.78. The third-order valence-corrected chi connectivity index (χ3v) is 6.79. The molecule has 0 unspecified atom stereocenters. The first-order chi connectivity index (χ1) is 15.9. The largest absolute Gasteiger partial charge is 0.354 e. The van der Waals surface area contributed by atoms with Crippen molar-refractivity contribution in [3.8, 4) is 11.3 Å². The molecule has 5 rings (SSSR count). The molecule has 3 aromatic heterocycles. The standard InChI is InChI=1S/C26H32N6O/c1-17(2)25-21-13-19(18-9-11-31(12-10-18)24(33)15-30(3)4)5-7-22(21)28-26(25)20-6-8-23-29-27-16-32(23)14-20/h5-8,13-14,16-18,28H,9-12,15H2,1-4H3. The number of aromatic nitrogens is 4. The van der Waals surface area contributed by atoms with Crippen LogP contribution in [0, 0.1) is 0 Å². The van der Waals surface area contributed by atoms with E-state index in [0.29, 0.717) is 18.4 Å². The van der Waals surface area contributed by atoms with E-state index < -0.39 is 0 Å². The molecule has 1 aliphatic rings. The summed E-state index contributed by atoms with van der Waals surface area (Å²) in [6.45, 7) is 6.67. The molecule has 1 aromatic carbocycles. The van der Waals surface area contributed by atoms with Crippen LogP contribution in [0.3, 0.4) is 0 Å². The third-order valence-electron chi connectivity index (χ3n) is 6.79. The maximum atomic E-state index is 12.4. The molecule has 0 radical (unpaired) electrons. The molecule has 7 nitrogen and oxygen atoms in total. The van der Waals surface area contributed by atoms with Crippen molar-refractivity contribution in [2.24, 2.45) is 0 Å². The summed E-state index contributed by atoms with van der Waals surface area (Å²) < 4.78 is 1.96. The highest BCUT2D eigenvalue weighted by atomic mass is 16.2. The molecule has 1 amide bonds. The number of pyridine rings is 1. The summed E-state index contributed by atoms with van der Waals surface area (Å²) in [4.78, 5) is 20.1. The van der Waals surface area contributed by atoms with Crippen LogP contribution in [-0.2, 0) is 4.79 Å². The number of carbonyl (C=O) groups excluding carboxylic acids is 1. The van der Waals surface area contributed by atoms with Gasteiger partial charge >= 0.3 is 0 Å². The molecule has 0 atom stereocenters. The number of likely N-dealkylation sites (N-methyl/N-ethyl adjacent to an activating group) is 1. The molecule has 0 saturated carbocycles. The van der Waals surface area contributed by atoms with Crippen molar-refractivity contribution in [3.63, 3.8) is 0 Å². The SMILES string of the molecule is CC(C)c1c(-c2ccc3nncn3c2)[nH]c2ccc(C3CCN(C(=O)CN(C)C)CC3)cc12. The molecular weight excluding hydrogens is 412 g/mol. The van der Waals surface area contributed by atoms with E-state index in [1.165, 1.54) is 22.0 Å². The molecule has 1 fully saturated rings. The van der Waals surface area contributed by atoms with Crippen LogP contribution in [0.5, 0.6) is 0 Å². The molecular formula is C26H32N6O. The molecule has 33 heavy (non-hydrogen) atoms. The first kappa shape index (κ1) is 21.6. The number of rotatable bonds is 5. The Morgan fingerprint density at radius 1 is 1.18 bits per heavy atom. The highest BCUT2D eigenvalue weighted by Crippen LogP contribution is 2.38. The summed E-state index contributed by atoms with van der Waals surface area (Å²) in [6, 6.07) is 11.0. The smallest absolute Gasteiger partial charge is 0.236 e. The van der Waals surface area contributed by atoms with Crippen LogP contribution in [0.1, 0.15) is 49.7 Å². The van der Waals surface area contributed by atoms with Crippen molar-refractivity contribution in [2.45, 2.75) is 38.5 Å². The van der Waals surface area contributed by atoms with Crippen molar-refractivity contribution < 1.29 is 4.79 Å². The maximum absolute atomic E-state index is 12.4. The van der Waals surface area contributed by atoms with E-state index in [4.69, 9.17) is 0 Å². The Kier molecular flexibility index (Phi) is 5.66. The Morgan fingerprint density at radius 2 is 1.97 bits per heavy atom. The summed E-state index contributed by atoms with van der Waals surface area (Å²) in [6.07, 6.45) is 5.87. The topological polar surface area (TPSA) is 69.5 Å². The normalized spacial score (nSPS) is 15.4. The molecule has 0 spiro atoms. The monoisotopic (exact) mass is 444 g/mol. The Bertz CT molecular complexity index is 1290. The molecule has 4 heterocycles. The van der Waals surface area contributed by atoms with Crippen LogP contribution >= 0.6 is 0 Å². The number of amides is 1. The number of hydrogen-bond acceptors (Lipinski definition) is 4. The molecule has 0 aliphatic carbocycles. The van der Waals surface area contributed by atoms with Gasteiger partial charge in [0.15, 0.2) is 5.65 Å². The van der Waals surface area contributed by atoms with Gasteiger partial charge in [0, 0.05) is 35.8 Å². The highest BCUT2D eigenvalue weighted by Gasteiger charge is 2.25. The lowest BCUT2D eigenvalue weighted by Crippen LogP contribution is -2.42. The first-order valence-electron chi connectivity index (χ1n) is 11.8. The molecule has 0 bridgehead atoms. The van der Waals surface area contributed by atoms with Crippen LogP contribution in [0.4, 0.5) is 0 Å². The van der Waals surface area contributed by atoms with Gasteiger partial charge in [-0.15, -0.1) is 10.2 Å². The van der Waals surface area contributed by atoms with Crippen molar-refractivity contribution in [1.29, 1.82) is 0 Å². The van der Waals surface area contributed by atoms with Gasteiger partial charge in [0.05, 0.1) is 12.2 Å². The lowest BCUT2D eigenvalue weighted by molar-refractivity contribution is -0.132. The number of hydrogen-bond donors (Lipinski definition) is 1. The van der Waals surface area contributed by atoms with Crippen LogP contribution in [0.25, 0.3) is 27.8 Å². The minimum absolute atomic E-state index is 0.233. The molecule has 1 saturated heterocycles. The second-order valence-electron chi connectivity index (χ2n) is 9.78. The molecule has 7 heteroatoms. The van der Waals surface area contributed by atoms with E-state index in [2.05, 4.69) is 59.5 Å². The minimum Gasteiger partial charge on any atom is -0.354 e. The zero-order chi connectivity index (χ0) is 23.1. The highest BCUT2D eigenvalue weighted by molar-refractivity contribution is 5.92. The summed E-state index contributed by atoms with van der Waals surface area (Å²) in [5.74, 6) is 1.10. The number of likely N-dealkylation sites (tertiary alicyclic amines) is 1. The summed E-state index contributed by atoms with van der Waals surface area (Å²) >= 11 is 0. The molecule has 172 valence electrons. The zero-order valence-electron chi connectivity index (χ0n) is 19.9. The van der Waals surface area contributed by atoms with Gasteiger partial charge in [-0.3, -0.25) is 9.20 Å². The predicted octanol–water partition coefficient (Wildman–Crippen LogP) is 4.27. The average molecular weight is 445 g/mol. The lowest BCUT2D eigenvalue weighted by atomic mass is 9.87. The second kappa shape index (κ2) is 8.63. The molecule has 1 aliphatic heterocycles. The Morgan fingerprint density at radius 3 is 2.70 bits per heavy atom. The Labute approximate surface area is 194 Å². The number of carbonyl (C=O) groups is 1. The van der Waals surface area contributed by atoms with Gasteiger partial charge in [-0.05, 0) is 74.2 Å². The van der Waals surface area contributed by atoms with Gasteiger partial charge in [0.25, 0.3) is 0 Å². The lowest BCUT2D eigenvalue weighted by Gasteiger charge is -2.33. The predicted molar refractivity (Wildman–Crippen MR) is 131 cm³/mol. The van der Waals surface area contributed by atoms with Crippen molar-refractivity contribution in [2.75, 3.05) is 33.7 Å². The summed E-state index contributed by atoms with van der Waals surface area (Å²) in [5.41, 5.74) is 7.04. The van der Waals surface area contributed by atoms with Crippen LogP contribution in [0.15, 0.2) is 42.9 Å². The number of piperidine rings is 1. The fourth-order valence-electron chi connectivity index (χ4n) is 5.12. The number of aromatic amines is 1. The van der Waals surface area contributed by atoms with E-state index in [1.807, 2.05) is 34.4 Å². The van der Waals surface area contributed by atoms with Crippen molar-refractivity contribution in [3.05, 3.63) is 54.0 Å². The number of nitrogens with one attached hydrogen (secondary N) is 1. The van der Waals surface area contributed by atoms with Crippen LogP contribution in [-0.4, -0.2) is 69.0 Å². The number of nitrogens with zero attached hydrogens (tertiary/aromatic N) is 5. The van der Waals surface area contributed by atoms with E-state index in [0.717, 1.165) is 42.8 Å². The van der Waals surface area contributed by atoms with E-state index in [1.54, 1.807) is 6.33 Å². The zero-order valence-corrected chi connectivity index (χ0v) is 19.9. The van der Waals surface area contributed by atoms with Crippen LogP contribution in [0.2, 0.25) is 0 Å². The Balaban J connectivity index is 1.44. The maximum Gasteiger partial charge on any atom is 0.236 e. The minimum atomic E-state index is 0.233. The number of H-pyrrole nitrogens is 1. The Hall–Kier alpha value is -3.19. The van der Waals surface area contributed by atoms with Crippen molar-refractivity contribution >= 4 is 22.5 Å². The van der Waals surface area contributed by atoms with Gasteiger partial charge in [-0.25, -0.2) is 0 Å². The third kappa shape index (κ3) is 4.13. The number of benzene rings is 1. The van der Waals surface area contributed by atoms with E-state index in [9.17, 15) is 4.79 Å². The summed E-state index contributed by atoms with van der Waals surface area (Å²) in [5, 5.41) is 9.43. The first-order valence-corrected chi connectivity index (χ1v) is 11.8. The van der Waals surface area contributed by atoms with Gasteiger partial charge in [-0.1, -0.05) is 19.9 Å². The van der Waals surface area contributed by atoms with E-state index >= 15 is 0 Å². The average Bonchev–Trinajstić information content (AvgIpc) is 3.42. The number of fused-ring (bicyclic) bond motifs is 2. The molecule has 4 aromatic rings. The van der Waals surface area contributed by atoms with Crippen LogP contribution < -0.4 is 0 Å². The van der Waals surface area contributed by atoms with E-state index in [-0.39, 0.29) is 5.91 Å². The van der Waals surface area contributed by atoms with Gasteiger partial charge in [0.1, 0.15) is 6.33 Å². The van der Waals surface area contributed by atoms with Crippen molar-refractivity contribution in [1.82, 2.24) is 29.4 Å².